The predicted octanol–water partition coefficient (Wildman–Crippen LogP) is 2.24. The van der Waals surface area contributed by atoms with Crippen molar-refractivity contribution in [1.82, 2.24) is 4.98 Å². The van der Waals surface area contributed by atoms with Crippen LogP contribution in [0.15, 0.2) is 48.8 Å². The number of para-hydroxylation sites is 2. The minimum absolute atomic E-state index is 0.0673. The number of nitriles is 1. The second-order valence-electron chi connectivity index (χ2n) is 3.63. The summed E-state index contributed by atoms with van der Waals surface area (Å²) in [7, 11) is 0. The summed E-state index contributed by atoms with van der Waals surface area (Å²) in [5.74, 6) is 0.210. The molecule has 5 heteroatoms. The van der Waals surface area contributed by atoms with Gasteiger partial charge in [0.15, 0.2) is 6.61 Å². The van der Waals surface area contributed by atoms with E-state index in [4.69, 9.17) is 10.00 Å². The van der Waals surface area contributed by atoms with E-state index >= 15 is 0 Å². The molecule has 0 saturated carbocycles. The molecule has 5 nitrogen and oxygen atoms in total. The molecule has 1 amide bonds. The monoisotopic (exact) mass is 253 g/mol. The van der Waals surface area contributed by atoms with E-state index < -0.39 is 0 Å². The molecule has 1 N–H and O–H groups in total. The second kappa shape index (κ2) is 6.17. The summed E-state index contributed by atoms with van der Waals surface area (Å²) < 4.78 is 5.23. The van der Waals surface area contributed by atoms with Gasteiger partial charge >= 0.3 is 0 Å². The molecule has 0 radical (unpaired) electrons. The van der Waals surface area contributed by atoms with Crippen LogP contribution in [0, 0.1) is 11.3 Å². The van der Waals surface area contributed by atoms with E-state index in [0.29, 0.717) is 17.0 Å². The first-order valence-electron chi connectivity index (χ1n) is 5.61. The van der Waals surface area contributed by atoms with Gasteiger partial charge in [0.2, 0.25) is 0 Å². The normalized spacial score (nSPS) is 9.42. The summed E-state index contributed by atoms with van der Waals surface area (Å²) >= 11 is 0. The third kappa shape index (κ3) is 3.30. The van der Waals surface area contributed by atoms with Gasteiger partial charge in [-0.25, -0.2) is 0 Å². The molecule has 0 fully saturated rings. The van der Waals surface area contributed by atoms with Gasteiger partial charge in [-0.15, -0.1) is 0 Å². The van der Waals surface area contributed by atoms with Crippen molar-refractivity contribution in [3.63, 3.8) is 0 Å². The van der Waals surface area contributed by atoms with Crippen LogP contribution in [0.1, 0.15) is 10.4 Å². The lowest BCUT2D eigenvalue weighted by Gasteiger charge is -2.10. The molecule has 2 aromatic rings. The molecule has 0 unspecified atom stereocenters. The molecule has 0 aliphatic heterocycles. The fourth-order valence-corrected chi connectivity index (χ4v) is 1.50. The van der Waals surface area contributed by atoms with Crippen LogP contribution in [0.5, 0.6) is 5.75 Å². The largest absolute Gasteiger partial charge is 0.477 e. The SMILES string of the molecule is N#CCOc1ccccc1NC(=O)c1ccncc1. The highest BCUT2D eigenvalue weighted by atomic mass is 16.5. The number of nitrogens with zero attached hydrogens (tertiary/aromatic N) is 2. The molecule has 0 bridgehead atoms. The molecule has 1 heterocycles. The van der Waals surface area contributed by atoms with Gasteiger partial charge in [0.05, 0.1) is 5.69 Å². The van der Waals surface area contributed by atoms with Crippen molar-refractivity contribution < 1.29 is 9.53 Å². The molecule has 0 aliphatic rings. The highest BCUT2D eigenvalue weighted by molar-refractivity contribution is 6.04. The van der Waals surface area contributed by atoms with Crippen molar-refractivity contribution in [3.8, 4) is 11.8 Å². The quantitative estimate of drug-likeness (QED) is 0.906. The molecule has 1 aromatic heterocycles. The van der Waals surface area contributed by atoms with Gasteiger partial charge in [-0.2, -0.15) is 5.26 Å². The molecule has 19 heavy (non-hydrogen) atoms. The van der Waals surface area contributed by atoms with E-state index in [2.05, 4.69) is 10.3 Å². The van der Waals surface area contributed by atoms with E-state index in [9.17, 15) is 4.79 Å². The van der Waals surface area contributed by atoms with Gasteiger partial charge in [0.25, 0.3) is 5.91 Å². The topological polar surface area (TPSA) is 75.0 Å². The predicted molar refractivity (Wildman–Crippen MR) is 69.7 cm³/mol. The number of aromatic nitrogens is 1. The Balaban J connectivity index is 2.15. The fourth-order valence-electron chi connectivity index (χ4n) is 1.50. The minimum Gasteiger partial charge on any atom is -0.477 e. The zero-order chi connectivity index (χ0) is 13.5. The third-order valence-corrected chi connectivity index (χ3v) is 2.37. The number of amides is 1. The molecule has 0 saturated heterocycles. The summed E-state index contributed by atoms with van der Waals surface area (Å²) in [6, 6.07) is 12.1. The highest BCUT2D eigenvalue weighted by Gasteiger charge is 2.09. The Morgan fingerprint density at radius 2 is 2.00 bits per heavy atom. The molecular formula is C14H11N3O2. The number of hydrogen-bond donors (Lipinski definition) is 1. The van der Waals surface area contributed by atoms with Crippen LogP contribution < -0.4 is 10.1 Å². The Bertz CT molecular complexity index is 606. The van der Waals surface area contributed by atoms with Crippen molar-refractivity contribution in [3.05, 3.63) is 54.4 Å². The average Bonchev–Trinajstić information content (AvgIpc) is 2.47. The van der Waals surface area contributed by atoms with Crippen LogP contribution in [-0.4, -0.2) is 17.5 Å². The van der Waals surface area contributed by atoms with Crippen molar-refractivity contribution in [2.24, 2.45) is 0 Å². The fraction of sp³-hybridized carbons (Fsp3) is 0.0714. The van der Waals surface area contributed by atoms with Crippen molar-refractivity contribution in [2.75, 3.05) is 11.9 Å². The maximum absolute atomic E-state index is 12.0. The number of ether oxygens (including phenoxy) is 1. The standard InChI is InChI=1S/C14H11N3O2/c15-7-10-19-13-4-2-1-3-12(13)17-14(18)11-5-8-16-9-6-11/h1-6,8-9H,10H2,(H,17,18). The van der Waals surface area contributed by atoms with Gasteiger partial charge in [-0.1, -0.05) is 12.1 Å². The molecule has 94 valence electrons. The Morgan fingerprint density at radius 1 is 1.26 bits per heavy atom. The zero-order valence-corrected chi connectivity index (χ0v) is 10.0. The maximum Gasteiger partial charge on any atom is 0.255 e. The highest BCUT2D eigenvalue weighted by Crippen LogP contribution is 2.24. The van der Waals surface area contributed by atoms with Crippen molar-refractivity contribution in [1.29, 1.82) is 5.26 Å². The van der Waals surface area contributed by atoms with Crippen molar-refractivity contribution >= 4 is 11.6 Å². The summed E-state index contributed by atoms with van der Waals surface area (Å²) in [5, 5.41) is 11.2. The Labute approximate surface area is 110 Å². The van der Waals surface area contributed by atoms with Gasteiger partial charge in [0.1, 0.15) is 11.8 Å². The molecular weight excluding hydrogens is 242 g/mol. The van der Waals surface area contributed by atoms with E-state index in [1.54, 1.807) is 48.8 Å². The smallest absolute Gasteiger partial charge is 0.255 e. The summed E-state index contributed by atoms with van der Waals surface area (Å²) in [6.45, 7) is -0.0673. The third-order valence-electron chi connectivity index (χ3n) is 2.37. The van der Waals surface area contributed by atoms with Crippen molar-refractivity contribution in [2.45, 2.75) is 0 Å². The Kier molecular flexibility index (Phi) is 4.09. The molecule has 0 aliphatic carbocycles. The summed E-state index contributed by atoms with van der Waals surface area (Å²) in [6.07, 6.45) is 3.10. The lowest BCUT2D eigenvalue weighted by Crippen LogP contribution is -2.12. The van der Waals surface area contributed by atoms with Gasteiger partial charge in [-0.3, -0.25) is 9.78 Å². The lowest BCUT2D eigenvalue weighted by molar-refractivity contribution is 0.102. The van der Waals surface area contributed by atoms with Crippen LogP contribution in [-0.2, 0) is 0 Å². The maximum atomic E-state index is 12.0. The first kappa shape index (κ1) is 12.6. The first-order valence-corrected chi connectivity index (χ1v) is 5.61. The summed E-state index contributed by atoms with van der Waals surface area (Å²) in [4.78, 5) is 15.8. The molecule has 0 spiro atoms. The zero-order valence-electron chi connectivity index (χ0n) is 10.0. The number of rotatable bonds is 4. The van der Waals surface area contributed by atoms with Crippen LogP contribution in [0.3, 0.4) is 0 Å². The van der Waals surface area contributed by atoms with Crippen LogP contribution in [0.4, 0.5) is 5.69 Å². The number of anilines is 1. The second-order valence-corrected chi connectivity index (χ2v) is 3.63. The Morgan fingerprint density at radius 3 is 2.74 bits per heavy atom. The molecule has 0 atom stereocenters. The number of pyridine rings is 1. The van der Waals surface area contributed by atoms with E-state index in [1.807, 2.05) is 6.07 Å². The molecule has 2 rings (SSSR count). The van der Waals surface area contributed by atoms with Gasteiger partial charge in [-0.05, 0) is 24.3 Å². The minimum atomic E-state index is -0.254. The number of carbonyl (C=O) groups is 1. The van der Waals surface area contributed by atoms with E-state index in [1.165, 1.54) is 0 Å². The first-order chi connectivity index (χ1) is 9.31. The lowest BCUT2D eigenvalue weighted by atomic mass is 10.2. The number of hydrogen-bond acceptors (Lipinski definition) is 4. The van der Waals surface area contributed by atoms with Crippen LogP contribution in [0.25, 0.3) is 0 Å². The molecule has 1 aromatic carbocycles. The number of carbonyl (C=O) groups excluding carboxylic acids is 1. The average molecular weight is 253 g/mol. The van der Waals surface area contributed by atoms with E-state index in [0.717, 1.165) is 0 Å². The van der Waals surface area contributed by atoms with Gasteiger partial charge < -0.3 is 10.1 Å². The summed E-state index contributed by atoms with van der Waals surface area (Å²) in [5.41, 5.74) is 1.03. The van der Waals surface area contributed by atoms with Crippen LogP contribution in [0.2, 0.25) is 0 Å². The number of benzene rings is 1. The van der Waals surface area contributed by atoms with Crippen LogP contribution >= 0.6 is 0 Å². The van der Waals surface area contributed by atoms with Gasteiger partial charge in [0, 0.05) is 18.0 Å². The number of nitrogens with one attached hydrogen (secondary N) is 1. The van der Waals surface area contributed by atoms with E-state index in [-0.39, 0.29) is 12.5 Å². The Hall–Kier alpha value is -2.87.